The molecular weight excluding hydrogens is 474 g/mol. The summed E-state index contributed by atoms with van der Waals surface area (Å²) in [6, 6.07) is 11.7. The molecule has 3 rings (SSSR count). The van der Waals surface area contributed by atoms with Gasteiger partial charge < -0.3 is 0 Å². The van der Waals surface area contributed by atoms with Crippen LogP contribution >= 0.6 is 17.0 Å². The second kappa shape index (κ2) is 8.29. The number of halogens is 2. The molecule has 1 aliphatic carbocycles. The van der Waals surface area contributed by atoms with Crippen molar-refractivity contribution in [3.05, 3.63) is 63.7 Å². The van der Waals surface area contributed by atoms with Crippen molar-refractivity contribution in [2.24, 2.45) is 0 Å². The molecule has 0 bridgehead atoms. The molecule has 2 aromatic carbocycles. The fraction of sp³-hybridized carbons (Fsp3) is 0.462. The molecule has 0 aromatic heterocycles. The fourth-order valence-corrected chi connectivity index (χ4v) is 9.85. The predicted molar refractivity (Wildman–Crippen MR) is 127 cm³/mol. The number of rotatable bonds is 3. The van der Waals surface area contributed by atoms with Crippen molar-refractivity contribution in [1.29, 1.82) is 0 Å². The molecule has 2 aromatic rings. The molecule has 0 aliphatic heterocycles. The van der Waals surface area contributed by atoms with E-state index in [1.165, 1.54) is 44.5 Å². The third kappa shape index (κ3) is 4.63. The molecule has 0 nitrogen and oxygen atoms in total. The van der Waals surface area contributed by atoms with E-state index in [2.05, 4.69) is 91.8 Å². The Bertz CT molecular complexity index is 924. The summed E-state index contributed by atoms with van der Waals surface area (Å²) < 4.78 is 0.285. The minimum absolute atomic E-state index is 0.0992. The van der Waals surface area contributed by atoms with Crippen LogP contribution in [0, 0.1) is 6.92 Å². The normalized spacial score (nSPS) is 16.6. The van der Waals surface area contributed by atoms with Crippen LogP contribution < -0.4 is 0 Å². The van der Waals surface area contributed by atoms with Gasteiger partial charge in [-0.2, -0.15) is 0 Å². The summed E-state index contributed by atoms with van der Waals surface area (Å²) in [4.78, 5) is 0. The molecule has 0 spiro atoms. The maximum absolute atomic E-state index is 6.61. The van der Waals surface area contributed by atoms with Crippen molar-refractivity contribution in [2.75, 3.05) is 0 Å². The Morgan fingerprint density at radius 2 is 1.45 bits per heavy atom. The van der Waals surface area contributed by atoms with Gasteiger partial charge in [0, 0.05) is 0 Å². The van der Waals surface area contributed by atoms with Gasteiger partial charge in [0.05, 0.1) is 0 Å². The van der Waals surface area contributed by atoms with Crippen molar-refractivity contribution in [3.63, 3.8) is 0 Å². The minimum atomic E-state index is -2.46. The van der Waals surface area contributed by atoms with Crippen LogP contribution in [0.25, 0.3) is 17.2 Å². The molecule has 155 valence electrons. The Morgan fingerprint density at radius 1 is 0.897 bits per heavy atom. The molecule has 0 N–H and O–H groups in total. The molecule has 3 heteroatoms. The van der Waals surface area contributed by atoms with E-state index in [1.807, 2.05) is 0 Å². The third-order valence-electron chi connectivity index (χ3n) is 6.08. The van der Waals surface area contributed by atoms with Crippen molar-refractivity contribution in [2.45, 2.75) is 76.3 Å². The topological polar surface area (TPSA) is 0 Å². The summed E-state index contributed by atoms with van der Waals surface area (Å²) in [7, 11) is 13.2. The van der Waals surface area contributed by atoms with Crippen molar-refractivity contribution in [1.82, 2.24) is 0 Å². The van der Waals surface area contributed by atoms with Crippen LogP contribution in [0.3, 0.4) is 0 Å². The fourth-order valence-electron chi connectivity index (χ4n) is 4.21. The molecule has 1 unspecified atom stereocenters. The zero-order chi connectivity index (χ0) is 21.7. The van der Waals surface area contributed by atoms with Crippen LogP contribution in [0.15, 0.2) is 35.9 Å². The average Bonchev–Trinajstić information content (AvgIpc) is 2.98. The summed E-state index contributed by atoms with van der Waals surface area (Å²) in [6.07, 6.45) is 3.39. The van der Waals surface area contributed by atoms with Gasteiger partial charge >= 0.3 is 194 Å². The number of allylic oxidation sites excluding steroid dienone is 1. The van der Waals surface area contributed by atoms with Crippen molar-refractivity contribution >= 4 is 23.1 Å². The van der Waals surface area contributed by atoms with Gasteiger partial charge in [-0.1, -0.05) is 0 Å². The quantitative estimate of drug-likeness (QED) is 0.389. The van der Waals surface area contributed by atoms with Gasteiger partial charge in [0.2, 0.25) is 0 Å². The van der Waals surface area contributed by atoms with E-state index in [1.54, 1.807) is 0 Å². The van der Waals surface area contributed by atoms with Gasteiger partial charge in [-0.25, -0.2) is 0 Å². The van der Waals surface area contributed by atoms with E-state index in [4.69, 9.17) is 17.0 Å². The molecule has 0 fully saturated rings. The number of aryl methyl sites for hydroxylation is 1. The first-order valence-electron chi connectivity index (χ1n) is 10.5. The Morgan fingerprint density at radius 3 is 1.90 bits per heavy atom. The monoisotopic (exact) mass is 505 g/mol. The molecule has 0 saturated heterocycles. The second-order valence-corrected chi connectivity index (χ2v) is 19.2. The molecule has 0 heterocycles. The standard InChI is InChI=1S/C26H33.2ClH.Zr/c1-9-18-12-19-11-10-17(2)24(23(19)13-18)20-14-21(25(3,4)5)16-22(15-20)26(6,7)8;;;/h10-16H,9H2,1-8H3;2*1H;/q;;;+2/p-2. The van der Waals surface area contributed by atoms with Crippen LogP contribution in [-0.2, 0) is 30.2 Å². The molecule has 0 radical (unpaired) electrons. The first-order chi connectivity index (χ1) is 13.3. The number of hydrogen-bond acceptors (Lipinski definition) is 0. The maximum atomic E-state index is 6.61. The number of fused-ring (bicyclic) bond motifs is 1. The van der Waals surface area contributed by atoms with Gasteiger partial charge in [0.1, 0.15) is 0 Å². The van der Waals surface area contributed by atoms with Crippen LogP contribution in [0.4, 0.5) is 0 Å². The summed E-state index contributed by atoms with van der Waals surface area (Å²) in [5.41, 5.74) is 11.1. The van der Waals surface area contributed by atoms with Crippen molar-refractivity contribution < 1.29 is 19.4 Å². The average molecular weight is 508 g/mol. The zero-order valence-corrected chi connectivity index (χ0v) is 23.0. The van der Waals surface area contributed by atoms with E-state index in [9.17, 15) is 0 Å². The van der Waals surface area contributed by atoms with E-state index in [0.717, 1.165) is 6.42 Å². The van der Waals surface area contributed by atoms with E-state index >= 15 is 0 Å². The predicted octanol–water partition coefficient (Wildman–Crippen LogP) is 9.03. The summed E-state index contributed by atoms with van der Waals surface area (Å²) >= 11 is -2.46. The Kier molecular flexibility index (Phi) is 6.67. The summed E-state index contributed by atoms with van der Waals surface area (Å²) in [6.45, 7) is 18.2. The van der Waals surface area contributed by atoms with Crippen LogP contribution in [-0.4, -0.2) is 0 Å². The molecule has 29 heavy (non-hydrogen) atoms. The molecular formula is C26H33Cl2Zr. The van der Waals surface area contributed by atoms with Crippen LogP contribution in [0.1, 0.15) is 86.3 Å². The van der Waals surface area contributed by atoms with Crippen LogP contribution in [0.5, 0.6) is 0 Å². The van der Waals surface area contributed by atoms with Gasteiger partial charge in [0.25, 0.3) is 0 Å². The molecule has 1 aliphatic rings. The second-order valence-electron chi connectivity index (χ2n) is 10.4. The van der Waals surface area contributed by atoms with Gasteiger partial charge in [-0.15, -0.1) is 0 Å². The number of hydrogen-bond donors (Lipinski definition) is 0. The summed E-state index contributed by atoms with van der Waals surface area (Å²) in [5.74, 6) is 0. The van der Waals surface area contributed by atoms with Crippen molar-refractivity contribution in [3.8, 4) is 11.1 Å². The Balaban J connectivity index is 2.32. The third-order valence-corrected chi connectivity index (χ3v) is 11.4. The zero-order valence-electron chi connectivity index (χ0n) is 19.0. The van der Waals surface area contributed by atoms with Gasteiger partial charge in [0.15, 0.2) is 0 Å². The van der Waals surface area contributed by atoms with E-state index < -0.39 is 19.4 Å². The first-order valence-corrected chi connectivity index (χ1v) is 18.3. The number of benzene rings is 2. The van der Waals surface area contributed by atoms with Gasteiger partial charge in [-0.05, 0) is 0 Å². The first kappa shape index (κ1) is 23.3. The Labute approximate surface area is 192 Å². The Hall–Kier alpha value is -0.357. The van der Waals surface area contributed by atoms with E-state index in [-0.39, 0.29) is 14.5 Å². The SMILES string of the molecule is CCC1=Cc2c(ccc(C)c2-c2cc(C(C)(C)C)cc(C(C)(C)C)c2)[CH]1[Zr]([Cl])[Cl]. The molecule has 0 saturated carbocycles. The van der Waals surface area contributed by atoms with E-state index in [0.29, 0.717) is 0 Å². The van der Waals surface area contributed by atoms with Crippen LogP contribution in [0.2, 0.25) is 0 Å². The summed E-state index contributed by atoms with van der Waals surface area (Å²) in [5, 5.41) is 0. The molecule has 0 amide bonds. The van der Waals surface area contributed by atoms with Gasteiger partial charge in [-0.3, -0.25) is 0 Å². The molecule has 1 atom stereocenters.